The number of pyridine rings is 2. The van der Waals surface area contributed by atoms with E-state index in [0.717, 1.165) is 49.3 Å². The fourth-order valence-corrected chi connectivity index (χ4v) is 6.10. The number of nitrogens with one attached hydrogen (secondary N) is 4. The van der Waals surface area contributed by atoms with Gasteiger partial charge >= 0.3 is 0 Å². The van der Waals surface area contributed by atoms with Crippen molar-refractivity contribution in [3.63, 3.8) is 0 Å². The molecule has 9 nitrogen and oxygen atoms in total. The highest BCUT2D eigenvalue weighted by molar-refractivity contribution is 6.36. The number of likely N-dealkylation sites (tertiary alicyclic amines) is 1. The second-order valence-electron chi connectivity index (χ2n) is 12.2. The van der Waals surface area contributed by atoms with Crippen LogP contribution in [0, 0.1) is 23.0 Å². The van der Waals surface area contributed by atoms with Crippen LogP contribution in [-0.4, -0.2) is 44.5 Å². The number of rotatable bonds is 7. The standard InChI is InChI=1S/C33H34ClF2N9/c1-33(2,3)44-11-8-24(9-12-44)45-19-29(42-43-45)31(20-5-4-10-38-17-20)41-23-13-25-30(40-22-6-7-27(35)28(36)15-22)21(16-37)18-39-32(25)26(34)14-23/h4-7,10,13-15,17-19,24,31,41-43H,8-9,11-12H2,1-3H3,(H,39,40)/t31-/m0/s1. The van der Waals surface area contributed by atoms with Gasteiger partial charge in [0.05, 0.1) is 33.5 Å². The van der Waals surface area contributed by atoms with Crippen LogP contribution in [0.2, 0.25) is 5.02 Å². The molecule has 2 aromatic carbocycles. The monoisotopic (exact) mass is 629 g/mol. The Morgan fingerprint density at radius 2 is 1.87 bits per heavy atom. The van der Waals surface area contributed by atoms with Crippen molar-refractivity contribution in [1.29, 1.82) is 5.26 Å². The van der Waals surface area contributed by atoms with E-state index in [0.29, 0.717) is 33.3 Å². The third-order valence-corrected chi connectivity index (χ3v) is 8.58. The number of nitriles is 1. The van der Waals surface area contributed by atoms with Crippen LogP contribution in [0.5, 0.6) is 0 Å². The fourth-order valence-electron chi connectivity index (χ4n) is 5.84. The number of halogens is 3. The summed E-state index contributed by atoms with van der Waals surface area (Å²) in [5.41, 5.74) is 10.6. The minimum Gasteiger partial charge on any atom is -0.373 e. The SMILES string of the molecule is CC(C)(C)N1CCC(N2C=C([C@@H](Nc3cc(Cl)c4ncc(C#N)c(Nc5ccc(F)c(F)c5)c4c3)c3cccnc3)NN2)CC1. The Morgan fingerprint density at radius 3 is 2.56 bits per heavy atom. The van der Waals surface area contributed by atoms with Crippen LogP contribution in [0.15, 0.2) is 73.0 Å². The Kier molecular flexibility index (Phi) is 8.46. The number of nitrogens with zero attached hydrogens (tertiary/aromatic N) is 5. The van der Waals surface area contributed by atoms with Crippen molar-refractivity contribution in [2.75, 3.05) is 23.7 Å². The molecule has 4 aromatic rings. The molecule has 0 amide bonds. The second-order valence-corrected chi connectivity index (χ2v) is 12.7. The van der Waals surface area contributed by atoms with Crippen molar-refractivity contribution < 1.29 is 8.78 Å². The molecule has 2 aromatic heterocycles. The summed E-state index contributed by atoms with van der Waals surface area (Å²) in [6.45, 7) is 8.80. The van der Waals surface area contributed by atoms with Crippen LogP contribution in [0.4, 0.5) is 25.8 Å². The zero-order valence-electron chi connectivity index (χ0n) is 25.2. The zero-order chi connectivity index (χ0) is 31.7. The van der Waals surface area contributed by atoms with E-state index in [2.05, 4.69) is 74.5 Å². The van der Waals surface area contributed by atoms with Crippen molar-refractivity contribution in [1.82, 2.24) is 30.8 Å². The summed E-state index contributed by atoms with van der Waals surface area (Å²) in [7, 11) is 0. The van der Waals surface area contributed by atoms with Crippen LogP contribution in [0.1, 0.15) is 50.8 Å². The van der Waals surface area contributed by atoms with E-state index in [9.17, 15) is 14.0 Å². The van der Waals surface area contributed by atoms with Crippen molar-refractivity contribution in [2.24, 2.45) is 0 Å². The molecular formula is C33H34ClF2N9. The maximum absolute atomic E-state index is 14.0. The largest absolute Gasteiger partial charge is 0.373 e. The van der Waals surface area contributed by atoms with E-state index >= 15 is 0 Å². The maximum atomic E-state index is 14.0. The predicted octanol–water partition coefficient (Wildman–Crippen LogP) is 6.76. The number of piperidine rings is 1. The zero-order valence-corrected chi connectivity index (χ0v) is 26.0. The Hall–Kier alpha value is -4.50. The van der Waals surface area contributed by atoms with Crippen LogP contribution in [-0.2, 0) is 0 Å². The van der Waals surface area contributed by atoms with Crippen LogP contribution >= 0.6 is 11.6 Å². The van der Waals surface area contributed by atoms with Gasteiger partial charge in [-0.25, -0.2) is 8.78 Å². The molecule has 4 N–H and O–H groups in total. The molecule has 0 radical (unpaired) electrons. The van der Waals surface area contributed by atoms with Gasteiger partial charge in [0, 0.05) is 72.3 Å². The molecule has 6 rings (SSSR count). The van der Waals surface area contributed by atoms with Gasteiger partial charge in [-0.15, -0.1) is 5.53 Å². The molecule has 4 heterocycles. The van der Waals surface area contributed by atoms with Crippen molar-refractivity contribution in [3.8, 4) is 6.07 Å². The molecule has 0 spiro atoms. The van der Waals surface area contributed by atoms with Crippen LogP contribution < -0.4 is 21.6 Å². The second kappa shape index (κ2) is 12.5. The van der Waals surface area contributed by atoms with Gasteiger partial charge in [-0.3, -0.25) is 19.9 Å². The highest BCUT2D eigenvalue weighted by Crippen LogP contribution is 2.37. The summed E-state index contributed by atoms with van der Waals surface area (Å²) in [4.78, 5) is 11.3. The van der Waals surface area contributed by atoms with Gasteiger partial charge < -0.3 is 16.1 Å². The van der Waals surface area contributed by atoms with Crippen LogP contribution in [0.25, 0.3) is 10.9 Å². The summed E-state index contributed by atoms with van der Waals surface area (Å²) < 4.78 is 27.6. The van der Waals surface area contributed by atoms with Gasteiger partial charge in [0.1, 0.15) is 6.07 Å². The first-order chi connectivity index (χ1) is 21.6. The van der Waals surface area contributed by atoms with E-state index in [1.807, 2.05) is 18.2 Å². The summed E-state index contributed by atoms with van der Waals surface area (Å²) in [5, 5.41) is 19.6. The summed E-state index contributed by atoms with van der Waals surface area (Å²) in [5.74, 6) is -1.97. The lowest BCUT2D eigenvalue weighted by Crippen LogP contribution is -2.52. The topological polar surface area (TPSA) is 104 Å². The van der Waals surface area contributed by atoms with Gasteiger partial charge in [0.15, 0.2) is 11.6 Å². The number of hydrazine groups is 2. The molecule has 0 aliphatic carbocycles. The number of hydrogen-bond donors (Lipinski definition) is 4. The smallest absolute Gasteiger partial charge is 0.160 e. The number of benzene rings is 2. The molecular weight excluding hydrogens is 596 g/mol. The summed E-state index contributed by atoms with van der Waals surface area (Å²) >= 11 is 6.75. The molecule has 2 aliphatic rings. The van der Waals surface area contributed by atoms with E-state index < -0.39 is 11.6 Å². The van der Waals surface area contributed by atoms with Crippen molar-refractivity contribution in [2.45, 2.75) is 51.2 Å². The van der Waals surface area contributed by atoms with E-state index in [4.69, 9.17) is 11.6 Å². The normalized spacial score (nSPS) is 16.6. The fraction of sp³-hybridized carbons (Fsp3) is 0.303. The Bertz CT molecular complexity index is 1780. The highest BCUT2D eigenvalue weighted by atomic mass is 35.5. The molecule has 0 saturated carbocycles. The molecule has 45 heavy (non-hydrogen) atoms. The lowest BCUT2D eigenvalue weighted by Gasteiger charge is -2.42. The van der Waals surface area contributed by atoms with Gasteiger partial charge in [-0.1, -0.05) is 17.7 Å². The average Bonchev–Trinajstić information content (AvgIpc) is 3.52. The first kappa shape index (κ1) is 30.5. The molecule has 1 fully saturated rings. The molecule has 1 saturated heterocycles. The van der Waals surface area contributed by atoms with Crippen molar-refractivity contribution >= 4 is 39.6 Å². The first-order valence-corrected chi connectivity index (χ1v) is 15.2. The Balaban J connectivity index is 1.33. The number of fused-ring (bicyclic) bond motifs is 1. The van der Waals surface area contributed by atoms with Gasteiger partial charge in [-0.2, -0.15) is 5.26 Å². The third kappa shape index (κ3) is 6.49. The molecule has 2 aliphatic heterocycles. The Morgan fingerprint density at radius 1 is 1.07 bits per heavy atom. The number of aromatic nitrogens is 2. The predicted molar refractivity (Wildman–Crippen MR) is 172 cm³/mol. The van der Waals surface area contributed by atoms with Gasteiger partial charge in [0.2, 0.25) is 0 Å². The summed E-state index contributed by atoms with van der Waals surface area (Å²) in [6.07, 6.45) is 9.09. The van der Waals surface area contributed by atoms with E-state index in [1.54, 1.807) is 18.5 Å². The van der Waals surface area contributed by atoms with E-state index in [1.165, 1.54) is 12.3 Å². The minimum atomic E-state index is -1.00. The summed E-state index contributed by atoms with van der Waals surface area (Å²) in [6, 6.07) is 13.1. The first-order valence-electron chi connectivity index (χ1n) is 14.8. The van der Waals surface area contributed by atoms with Gasteiger partial charge in [0.25, 0.3) is 0 Å². The molecule has 0 bridgehead atoms. The number of anilines is 3. The lowest BCUT2D eigenvalue weighted by atomic mass is 9.98. The van der Waals surface area contributed by atoms with Gasteiger partial charge in [-0.05, 0) is 69.5 Å². The molecule has 1 atom stereocenters. The average molecular weight is 630 g/mol. The molecule has 232 valence electrons. The maximum Gasteiger partial charge on any atom is 0.160 e. The quantitative estimate of drug-likeness (QED) is 0.177. The Labute approximate surface area is 265 Å². The molecule has 0 unspecified atom stereocenters. The lowest BCUT2D eigenvalue weighted by molar-refractivity contribution is 0.0570. The van der Waals surface area contributed by atoms with E-state index in [-0.39, 0.29) is 22.8 Å². The highest BCUT2D eigenvalue weighted by Gasteiger charge is 2.32. The minimum absolute atomic E-state index is 0.146. The molecule has 12 heteroatoms. The van der Waals surface area contributed by atoms with Crippen LogP contribution in [0.3, 0.4) is 0 Å². The van der Waals surface area contributed by atoms with Crippen molar-refractivity contribution in [3.05, 3.63) is 101 Å². The number of hydrogen-bond acceptors (Lipinski definition) is 9. The third-order valence-electron chi connectivity index (χ3n) is 8.29.